The zero-order valence-corrected chi connectivity index (χ0v) is 13.0. The predicted molar refractivity (Wildman–Crippen MR) is 79.2 cm³/mol. The lowest BCUT2D eigenvalue weighted by Gasteiger charge is -2.30. The van der Waals surface area contributed by atoms with E-state index in [1.807, 2.05) is 34.6 Å². The van der Waals surface area contributed by atoms with Gasteiger partial charge in [-0.05, 0) is 37.0 Å². The van der Waals surface area contributed by atoms with Crippen molar-refractivity contribution in [3.63, 3.8) is 0 Å². The number of aliphatic hydroxyl groups excluding tert-OH is 2. The van der Waals surface area contributed by atoms with E-state index in [1.54, 1.807) is 18.2 Å². The van der Waals surface area contributed by atoms with Gasteiger partial charge in [0.1, 0.15) is 6.10 Å². The summed E-state index contributed by atoms with van der Waals surface area (Å²) in [5, 5.41) is 20.5. The Morgan fingerprint density at radius 3 is 2.05 bits per heavy atom. The summed E-state index contributed by atoms with van der Waals surface area (Å²) in [7, 11) is 0. The minimum absolute atomic E-state index is 0.399. The van der Waals surface area contributed by atoms with Crippen molar-refractivity contribution in [2.45, 2.75) is 46.8 Å². The Hall–Kier alpha value is -1.26. The van der Waals surface area contributed by atoms with Gasteiger partial charge in [-0.1, -0.05) is 26.8 Å². The Kier molecular flexibility index (Phi) is 5.84. The number of rotatable bonds is 6. The molecule has 0 fully saturated rings. The fourth-order valence-electron chi connectivity index (χ4n) is 1.91. The molecule has 0 radical (unpaired) electrons. The molecule has 0 aromatic heterocycles. The molecule has 2 N–H and O–H groups in total. The van der Waals surface area contributed by atoms with Crippen LogP contribution in [0.1, 0.15) is 46.3 Å². The Bertz CT molecular complexity index is 423. The van der Waals surface area contributed by atoms with Gasteiger partial charge in [-0.2, -0.15) is 0 Å². The molecule has 2 unspecified atom stereocenters. The molecule has 4 heteroatoms. The number of aliphatic hydroxyl groups is 2. The molecule has 0 spiro atoms. The fraction of sp³-hybridized carbons (Fsp3) is 0.625. The van der Waals surface area contributed by atoms with E-state index in [2.05, 4.69) is 0 Å². The van der Waals surface area contributed by atoms with E-state index >= 15 is 0 Å². The zero-order valence-electron chi connectivity index (χ0n) is 13.0. The zero-order chi connectivity index (χ0) is 15.3. The minimum atomic E-state index is -0.954. The van der Waals surface area contributed by atoms with Crippen LogP contribution in [0.3, 0.4) is 0 Å². The number of hydrogen-bond acceptors (Lipinski definition) is 4. The summed E-state index contributed by atoms with van der Waals surface area (Å²) in [5.74, 6) is 1.24. The predicted octanol–water partition coefficient (Wildman–Crippen LogP) is 2.92. The molecule has 4 nitrogen and oxygen atoms in total. The molecule has 1 aromatic rings. The molecule has 0 saturated carbocycles. The second-order valence-electron chi connectivity index (χ2n) is 5.83. The highest BCUT2D eigenvalue weighted by Gasteiger charge is 2.30. The minimum Gasteiger partial charge on any atom is -0.490 e. The number of benzene rings is 1. The highest BCUT2D eigenvalue weighted by Crippen LogP contribution is 2.35. The maximum atomic E-state index is 10.3. The first-order valence-electron chi connectivity index (χ1n) is 7.06. The highest BCUT2D eigenvalue weighted by molar-refractivity contribution is 5.44. The summed E-state index contributed by atoms with van der Waals surface area (Å²) >= 11 is 0. The van der Waals surface area contributed by atoms with E-state index in [0.29, 0.717) is 30.3 Å². The molecule has 0 aliphatic heterocycles. The molecular weight excluding hydrogens is 256 g/mol. The Morgan fingerprint density at radius 2 is 1.55 bits per heavy atom. The largest absolute Gasteiger partial charge is 0.490 e. The van der Waals surface area contributed by atoms with Crippen LogP contribution in [0.4, 0.5) is 0 Å². The van der Waals surface area contributed by atoms with Crippen LogP contribution in [0.15, 0.2) is 18.2 Å². The van der Waals surface area contributed by atoms with Crippen molar-refractivity contribution >= 4 is 0 Å². The number of ether oxygens (including phenoxy) is 2. The normalized spacial score (nSPS) is 14.8. The third-order valence-electron chi connectivity index (χ3n) is 3.10. The monoisotopic (exact) mass is 282 g/mol. The first-order valence-corrected chi connectivity index (χ1v) is 7.06. The average molecular weight is 282 g/mol. The lowest BCUT2D eigenvalue weighted by molar-refractivity contribution is -0.0459. The van der Waals surface area contributed by atoms with E-state index < -0.39 is 17.6 Å². The molecule has 0 amide bonds. The van der Waals surface area contributed by atoms with Crippen LogP contribution in [-0.2, 0) is 0 Å². The van der Waals surface area contributed by atoms with Gasteiger partial charge in [0.25, 0.3) is 0 Å². The van der Waals surface area contributed by atoms with E-state index in [9.17, 15) is 10.2 Å². The van der Waals surface area contributed by atoms with Crippen molar-refractivity contribution in [1.29, 1.82) is 0 Å². The Labute approximate surface area is 121 Å². The van der Waals surface area contributed by atoms with Crippen LogP contribution in [0, 0.1) is 5.41 Å². The topological polar surface area (TPSA) is 58.9 Å². The summed E-state index contributed by atoms with van der Waals surface area (Å²) in [4.78, 5) is 0. The van der Waals surface area contributed by atoms with Gasteiger partial charge in [0.2, 0.25) is 0 Å². The third kappa shape index (κ3) is 4.12. The van der Waals surface area contributed by atoms with Gasteiger partial charge in [-0.25, -0.2) is 0 Å². The molecule has 0 aliphatic carbocycles. The van der Waals surface area contributed by atoms with Crippen LogP contribution >= 0.6 is 0 Å². The van der Waals surface area contributed by atoms with Crippen molar-refractivity contribution in [3.8, 4) is 11.5 Å². The summed E-state index contributed by atoms with van der Waals surface area (Å²) in [6.45, 7) is 10.5. The van der Waals surface area contributed by atoms with Crippen LogP contribution < -0.4 is 9.47 Å². The van der Waals surface area contributed by atoms with Gasteiger partial charge >= 0.3 is 0 Å². The van der Waals surface area contributed by atoms with E-state index in [4.69, 9.17) is 9.47 Å². The first-order chi connectivity index (χ1) is 9.31. The number of hydrogen-bond donors (Lipinski definition) is 2. The van der Waals surface area contributed by atoms with E-state index in [0.717, 1.165) is 0 Å². The van der Waals surface area contributed by atoms with Gasteiger partial charge in [-0.3, -0.25) is 0 Å². The van der Waals surface area contributed by atoms with Crippen LogP contribution in [0.5, 0.6) is 11.5 Å². The summed E-state index contributed by atoms with van der Waals surface area (Å²) in [6, 6.07) is 5.25. The molecule has 114 valence electrons. The molecule has 0 bridgehead atoms. The Balaban J connectivity index is 3.04. The molecule has 20 heavy (non-hydrogen) atoms. The van der Waals surface area contributed by atoms with Crippen molar-refractivity contribution < 1.29 is 19.7 Å². The van der Waals surface area contributed by atoms with Gasteiger partial charge in [0, 0.05) is 0 Å². The maximum absolute atomic E-state index is 10.3. The molecule has 2 atom stereocenters. The molecule has 1 aromatic carbocycles. The van der Waals surface area contributed by atoms with Crippen LogP contribution in [-0.4, -0.2) is 29.5 Å². The lowest BCUT2D eigenvalue weighted by atomic mass is 9.83. The van der Waals surface area contributed by atoms with Crippen LogP contribution in [0.25, 0.3) is 0 Å². The smallest absolute Gasteiger partial charge is 0.161 e. The van der Waals surface area contributed by atoms with Crippen molar-refractivity contribution in [3.05, 3.63) is 23.8 Å². The van der Waals surface area contributed by atoms with Crippen molar-refractivity contribution in [2.75, 3.05) is 13.2 Å². The maximum Gasteiger partial charge on any atom is 0.161 e. The fourth-order valence-corrected chi connectivity index (χ4v) is 1.91. The second kappa shape index (κ2) is 6.95. The lowest BCUT2D eigenvalue weighted by Crippen LogP contribution is -2.32. The summed E-state index contributed by atoms with van der Waals surface area (Å²) in [5.41, 5.74) is 0.225. The third-order valence-corrected chi connectivity index (χ3v) is 3.10. The van der Waals surface area contributed by atoms with Crippen molar-refractivity contribution in [2.24, 2.45) is 5.41 Å². The summed E-state index contributed by atoms with van der Waals surface area (Å²) in [6.07, 6.45) is -1.81. The molecular formula is C16H26O4. The Morgan fingerprint density at radius 1 is 1.00 bits per heavy atom. The highest BCUT2D eigenvalue weighted by atomic mass is 16.5. The SMILES string of the molecule is CCOc1ccc(C(O)C(O)C(C)(C)C)cc1OCC. The van der Waals surface area contributed by atoms with E-state index in [1.165, 1.54) is 0 Å². The van der Waals surface area contributed by atoms with Gasteiger partial charge in [-0.15, -0.1) is 0 Å². The van der Waals surface area contributed by atoms with Crippen LogP contribution in [0.2, 0.25) is 0 Å². The van der Waals surface area contributed by atoms with Gasteiger partial charge in [0.05, 0.1) is 19.3 Å². The summed E-state index contributed by atoms with van der Waals surface area (Å²) < 4.78 is 11.0. The molecule has 1 rings (SSSR count). The molecule has 0 aliphatic rings. The van der Waals surface area contributed by atoms with Gasteiger partial charge in [0.15, 0.2) is 11.5 Å². The average Bonchev–Trinajstić information content (AvgIpc) is 2.38. The second-order valence-corrected chi connectivity index (χ2v) is 5.83. The van der Waals surface area contributed by atoms with Gasteiger partial charge < -0.3 is 19.7 Å². The first kappa shape index (κ1) is 16.8. The van der Waals surface area contributed by atoms with E-state index in [-0.39, 0.29) is 0 Å². The standard InChI is InChI=1S/C16H26O4/c1-6-19-12-9-8-11(10-13(12)20-7-2)14(17)15(18)16(3,4)5/h8-10,14-15,17-18H,6-7H2,1-5H3. The molecule has 0 saturated heterocycles. The quantitative estimate of drug-likeness (QED) is 0.842. The molecule has 0 heterocycles. The van der Waals surface area contributed by atoms with Crippen molar-refractivity contribution in [1.82, 2.24) is 0 Å².